The van der Waals surface area contributed by atoms with Crippen molar-refractivity contribution in [3.63, 3.8) is 0 Å². The minimum Gasteiger partial charge on any atom is -0.236 e. The van der Waals surface area contributed by atoms with Crippen LogP contribution in [0.15, 0.2) is 29.4 Å². The van der Waals surface area contributed by atoms with Gasteiger partial charge in [0.2, 0.25) is 0 Å². The number of fused-ring (bicyclic) bond motifs is 1. The lowest BCUT2D eigenvalue weighted by Gasteiger charge is -1.93. The van der Waals surface area contributed by atoms with Crippen LogP contribution in [-0.4, -0.2) is 4.98 Å². The van der Waals surface area contributed by atoms with E-state index in [0.29, 0.717) is 5.92 Å². The van der Waals surface area contributed by atoms with Gasteiger partial charge in [-0.1, -0.05) is 26.0 Å². The van der Waals surface area contributed by atoms with Gasteiger partial charge in [0.1, 0.15) is 0 Å². The van der Waals surface area contributed by atoms with Gasteiger partial charge < -0.3 is 0 Å². The maximum Gasteiger partial charge on any atom is 0.170 e. The molecule has 0 unspecified atom stereocenters. The number of thiazole rings is 1. The summed E-state index contributed by atoms with van der Waals surface area (Å²) < 4.78 is 1.15. The van der Waals surface area contributed by atoms with Crippen LogP contribution in [0.5, 0.6) is 0 Å². The molecule has 1 aromatic rings. The van der Waals surface area contributed by atoms with E-state index in [1.165, 1.54) is 0 Å². The van der Waals surface area contributed by atoms with E-state index in [1.54, 1.807) is 17.5 Å². The van der Waals surface area contributed by atoms with Crippen LogP contribution in [0.1, 0.15) is 24.8 Å². The highest BCUT2D eigenvalue weighted by atomic mass is 32.1. The molecule has 1 aliphatic heterocycles. The zero-order valence-electron chi connectivity index (χ0n) is 8.27. The first-order valence-electron chi connectivity index (χ1n) is 4.65. The van der Waals surface area contributed by atoms with E-state index in [1.807, 2.05) is 18.2 Å². The largest absolute Gasteiger partial charge is 0.236 e. The van der Waals surface area contributed by atoms with Crippen molar-refractivity contribution in [2.45, 2.75) is 19.8 Å². The molecule has 1 aromatic heterocycles. The third-order valence-electron chi connectivity index (χ3n) is 1.90. The Labute approximate surface area is 87.0 Å². The number of allylic oxidation sites excluding steroid dienone is 3. The van der Waals surface area contributed by atoms with Crippen molar-refractivity contribution in [3.8, 4) is 0 Å². The molecule has 1 aliphatic rings. The average Bonchev–Trinajstić information content (AvgIpc) is 2.48. The second-order valence-electron chi connectivity index (χ2n) is 3.42. The maximum absolute atomic E-state index is 4.49. The van der Waals surface area contributed by atoms with Gasteiger partial charge in [0.05, 0.1) is 9.54 Å². The van der Waals surface area contributed by atoms with Crippen molar-refractivity contribution in [1.82, 2.24) is 4.98 Å². The molecule has 2 nitrogen and oxygen atoms in total. The first kappa shape index (κ1) is 9.34. The molecule has 0 aromatic carbocycles. The fourth-order valence-corrected chi connectivity index (χ4v) is 2.09. The normalized spacial score (nSPS) is 23.6. The summed E-state index contributed by atoms with van der Waals surface area (Å²) >= 11 is 1.72. The van der Waals surface area contributed by atoms with Crippen LogP contribution in [-0.2, 0) is 0 Å². The van der Waals surface area contributed by atoms with Crippen molar-refractivity contribution in [2.24, 2.45) is 4.99 Å². The number of hydrogen-bond acceptors (Lipinski definition) is 3. The van der Waals surface area contributed by atoms with Crippen LogP contribution < -0.4 is 10.0 Å². The standard InChI is InChI=1S/C11H12N2S/c1-8(2)11-13-10-9(14-11)6-4-3-5-7-12-10/h3-8H,1-2H3/b4-3+,5-3?,6-4?,7-5-,9-6-,12-7?,12-10+. The molecule has 0 saturated heterocycles. The SMILES string of the molecule is CC(C)c1nc2/c(s1)=C/C=C/C=C\N=2. The van der Waals surface area contributed by atoms with Gasteiger partial charge in [-0.05, 0) is 12.2 Å². The summed E-state index contributed by atoms with van der Waals surface area (Å²) in [6.45, 7) is 4.30. The zero-order chi connectivity index (χ0) is 9.97. The predicted molar refractivity (Wildman–Crippen MR) is 59.7 cm³/mol. The Bertz CT molecular complexity index is 450. The first-order valence-corrected chi connectivity index (χ1v) is 5.47. The van der Waals surface area contributed by atoms with E-state index in [4.69, 9.17) is 0 Å². The molecule has 0 fully saturated rings. The maximum atomic E-state index is 4.49. The molecule has 2 rings (SSSR count). The fourth-order valence-electron chi connectivity index (χ4n) is 1.16. The van der Waals surface area contributed by atoms with Gasteiger partial charge in [-0.2, -0.15) is 0 Å². The average molecular weight is 204 g/mol. The van der Waals surface area contributed by atoms with Crippen molar-refractivity contribution in [3.05, 3.63) is 39.5 Å². The summed E-state index contributed by atoms with van der Waals surface area (Å²) in [6.07, 6.45) is 9.75. The Hall–Kier alpha value is -1.22. The van der Waals surface area contributed by atoms with Crippen LogP contribution in [0.25, 0.3) is 6.08 Å². The zero-order valence-corrected chi connectivity index (χ0v) is 9.08. The third-order valence-corrected chi connectivity index (χ3v) is 3.21. The van der Waals surface area contributed by atoms with E-state index in [0.717, 1.165) is 15.0 Å². The van der Waals surface area contributed by atoms with E-state index < -0.39 is 0 Å². The highest BCUT2D eigenvalue weighted by Gasteiger charge is 2.04. The molecule has 0 spiro atoms. The highest BCUT2D eigenvalue weighted by Crippen LogP contribution is 2.11. The molecule has 0 N–H and O–H groups in total. The van der Waals surface area contributed by atoms with Gasteiger partial charge in [0, 0.05) is 12.1 Å². The summed E-state index contributed by atoms with van der Waals surface area (Å²) in [5, 5.41) is 1.15. The topological polar surface area (TPSA) is 25.2 Å². The number of aromatic nitrogens is 1. The molecular formula is C11H12N2S. The number of rotatable bonds is 1. The molecule has 3 heteroatoms. The van der Waals surface area contributed by atoms with Gasteiger partial charge in [0.15, 0.2) is 5.49 Å². The molecule has 0 saturated carbocycles. The van der Waals surface area contributed by atoms with Crippen LogP contribution >= 0.6 is 11.3 Å². The second-order valence-corrected chi connectivity index (χ2v) is 4.48. The van der Waals surface area contributed by atoms with E-state index >= 15 is 0 Å². The first-order chi connectivity index (χ1) is 6.77. The van der Waals surface area contributed by atoms with Gasteiger partial charge >= 0.3 is 0 Å². The lowest BCUT2D eigenvalue weighted by Crippen LogP contribution is -2.20. The summed E-state index contributed by atoms with van der Waals surface area (Å²) in [7, 11) is 0. The molecule has 0 atom stereocenters. The van der Waals surface area contributed by atoms with Crippen LogP contribution in [0.4, 0.5) is 0 Å². The van der Waals surface area contributed by atoms with Crippen molar-refractivity contribution < 1.29 is 0 Å². The Morgan fingerprint density at radius 2 is 2.07 bits per heavy atom. The highest BCUT2D eigenvalue weighted by molar-refractivity contribution is 7.09. The van der Waals surface area contributed by atoms with Crippen LogP contribution in [0.3, 0.4) is 0 Å². The van der Waals surface area contributed by atoms with Crippen molar-refractivity contribution in [1.29, 1.82) is 0 Å². The molecule has 0 bridgehead atoms. The predicted octanol–water partition coefficient (Wildman–Crippen LogP) is 1.75. The summed E-state index contributed by atoms with van der Waals surface area (Å²) in [4.78, 5) is 8.77. The fraction of sp³-hybridized carbons (Fsp3) is 0.273. The van der Waals surface area contributed by atoms with E-state index in [-0.39, 0.29) is 0 Å². The lowest BCUT2D eigenvalue weighted by molar-refractivity contribution is 0.843. The van der Waals surface area contributed by atoms with Gasteiger partial charge in [-0.25, -0.2) is 9.98 Å². The summed E-state index contributed by atoms with van der Waals surface area (Å²) in [5.74, 6) is 0.477. The summed E-state index contributed by atoms with van der Waals surface area (Å²) in [5.41, 5.74) is 0.847. The second kappa shape index (κ2) is 3.88. The van der Waals surface area contributed by atoms with Crippen LogP contribution in [0, 0.1) is 0 Å². The molecule has 0 amide bonds. The number of hydrogen-bond donors (Lipinski definition) is 0. The van der Waals surface area contributed by atoms with Crippen LogP contribution in [0.2, 0.25) is 0 Å². The van der Waals surface area contributed by atoms with E-state index in [2.05, 4.69) is 29.9 Å². The summed E-state index contributed by atoms with van der Waals surface area (Å²) in [6, 6.07) is 0. The van der Waals surface area contributed by atoms with Gasteiger partial charge in [-0.3, -0.25) is 0 Å². The Balaban J connectivity index is 2.65. The minimum absolute atomic E-state index is 0.477. The van der Waals surface area contributed by atoms with Gasteiger partial charge in [-0.15, -0.1) is 11.3 Å². The lowest BCUT2D eigenvalue weighted by atomic mass is 10.2. The van der Waals surface area contributed by atoms with Crippen molar-refractivity contribution >= 4 is 17.4 Å². The monoisotopic (exact) mass is 204 g/mol. The molecular weight excluding hydrogens is 192 g/mol. The molecule has 2 heterocycles. The van der Waals surface area contributed by atoms with Crippen molar-refractivity contribution in [2.75, 3.05) is 0 Å². The molecule has 72 valence electrons. The van der Waals surface area contributed by atoms with Gasteiger partial charge in [0.25, 0.3) is 0 Å². The Morgan fingerprint density at radius 1 is 1.21 bits per heavy atom. The Kier molecular flexibility index (Phi) is 2.59. The minimum atomic E-state index is 0.477. The quantitative estimate of drug-likeness (QED) is 0.684. The molecule has 14 heavy (non-hydrogen) atoms. The number of nitrogens with zero attached hydrogens (tertiary/aromatic N) is 2. The Morgan fingerprint density at radius 3 is 2.86 bits per heavy atom. The molecule has 0 radical (unpaired) electrons. The molecule has 0 aliphatic carbocycles. The third kappa shape index (κ3) is 1.82. The smallest absolute Gasteiger partial charge is 0.170 e. The van der Waals surface area contributed by atoms with E-state index in [9.17, 15) is 0 Å².